The van der Waals surface area contributed by atoms with E-state index < -0.39 is 5.41 Å². The molecule has 0 N–H and O–H groups in total. The number of carbonyl (C=O) groups excluding carboxylic acids is 2. The molecule has 0 bridgehead atoms. The van der Waals surface area contributed by atoms with Crippen molar-refractivity contribution in [3.05, 3.63) is 95.6 Å². The van der Waals surface area contributed by atoms with Crippen molar-refractivity contribution < 1.29 is 14.0 Å². The summed E-state index contributed by atoms with van der Waals surface area (Å²) in [6, 6.07) is 19.5. The van der Waals surface area contributed by atoms with Gasteiger partial charge in [0.2, 0.25) is 5.91 Å². The molecule has 1 atom stereocenters. The quantitative estimate of drug-likeness (QED) is 0.575. The normalized spacial score (nSPS) is 19.7. The third kappa shape index (κ3) is 3.27. The number of aromatic nitrogens is 1. The summed E-state index contributed by atoms with van der Waals surface area (Å²) in [6.07, 6.45) is 2.75. The van der Waals surface area contributed by atoms with E-state index in [4.69, 9.17) is 0 Å². The Hall–Kier alpha value is -3.54. The Balaban J connectivity index is 1.42. The van der Waals surface area contributed by atoms with Crippen LogP contribution in [0.2, 0.25) is 0 Å². The fourth-order valence-electron chi connectivity index (χ4n) is 5.02. The van der Waals surface area contributed by atoms with Gasteiger partial charge in [0.05, 0.1) is 17.0 Å². The fraction of sp³-hybridized carbons (Fsp3) is 0.269. The van der Waals surface area contributed by atoms with Crippen molar-refractivity contribution in [2.24, 2.45) is 5.41 Å². The van der Waals surface area contributed by atoms with E-state index in [2.05, 4.69) is 4.98 Å². The van der Waals surface area contributed by atoms with Gasteiger partial charge >= 0.3 is 0 Å². The van der Waals surface area contributed by atoms with Crippen LogP contribution >= 0.6 is 0 Å². The lowest BCUT2D eigenvalue weighted by Gasteiger charge is -2.59. The molecule has 32 heavy (non-hydrogen) atoms. The number of halogens is 1. The summed E-state index contributed by atoms with van der Waals surface area (Å²) < 4.78 is 13.9. The number of aryl methyl sites for hydroxylation is 1. The Morgan fingerprint density at radius 1 is 1.03 bits per heavy atom. The molecular formula is C26H24FN3O2. The predicted molar refractivity (Wildman–Crippen MR) is 120 cm³/mol. The number of amides is 2. The van der Waals surface area contributed by atoms with Crippen molar-refractivity contribution in [2.75, 3.05) is 18.0 Å². The molecule has 3 heterocycles. The number of hydrogen-bond donors (Lipinski definition) is 0. The molecule has 1 aromatic heterocycles. The number of carbonyl (C=O) groups is 2. The van der Waals surface area contributed by atoms with Crippen LogP contribution in [0.3, 0.4) is 0 Å². The number of β-lactam (4-membered cyclic amide) rings is 1. The van der Waals surface area contributed by atoms with Crippen molar-refractivity contribution in [3.63, 3.8) is 0 Å². The second kappa shape index (κ2) is 7.86. The van der Waals surface area contributed by atoms with Gasteiger partial charge in [-0.25, -0.2) is 4.39 Å². The first-order valence-electron chi connectivity index (χ1n) is 10.9. The first-order valence-corrected chi connectivity index (χ1v) is 10.9. The number of rotatable bonds is 3. The van der Waals surface area contributed by atoms with Crippen LogP contribution in [-0.4, -0.2) is 34.8 Å². The van der Waals surface area contributed by atoms with E-state index in [0.717, 1.165) is 11.3 Å². The van der Waals surface area contributed by atoms with Crippen LogP contribution in [0.15, 0.2) is 72.9 Å². The van der Waals surface area contributed by atoms with E-state index in [9.17, 15) is 14.0 Å². The van der Waals surface area contributed by atoms with Gasteiger partial charge in [0.25, 0.3) is 5.91 Å². The Kier molecular flexibility index (Phi) is 5.00. The molecule has 2 fully saturated rings. The average Bonchev–Trinajstić information content (AvgIpc) is 2.82. The van der Waals surface area contributed by atoms with E-state index >= 15 is 0 Å². The Bertz CT molecular complexity index is 1160. The standard InChI is InChI=1S/C26H24FN3O2/c1-18-10-11-20(17-28-18)24(31)29-14-12-26(13-15-29)23(19-6-3-2-4-7-19)30(25(26)32)22-9-5-8-21(27)16-22/h2-11,16-17,23H,12-15H2,1H3. The molecule has 0 saturated carbocycles. The average molecular weight is 429 g/mol. The molecule has 2 aliphatic rings. The molecule has 3 aromatic rings. The minimum absolute atomic E-state index is 0.000976. The molecule has 2 amide bonds. The number of anilines is 1. The molecule has 6 heteroatoms. The Labute approximate surface area is 186 Å². The summed E-state index contributed by atoms with van der Waals surface area (Å²) in [5.41, 5.74) is 2.43. The first-order chi connectivity index (χ1) is 15.5. The van der Waals surface area contributed by atoms with Crippen LogP contribution in [0.4, 0.5) is 10.1 Å². The number of benzene rings is 2. The van der Waals surface area contributed by atoms with E-state index in [0.29, 0.717) is 37.2 Å². The molecular weight excluding hydrogens is 405 g/mol. The van der Waals surface area contributed by atoms with Crippen LogP contribution in [0, 0.1) is 18.2 Å². The third-order valence-corrected chi connectivity index (χ3v) is 6.73. The minimum atomic E-state index is -0.587. The van der Waals surface area contributed by atoms with Crippen molar-refractivity contribution in [1.29, 1.82) is 0 Å². The van der Waals surface area contributed by atoms with Crippen molar-refractivity contribution in [2.45, 2.75) is 25.8 Å². The molecule has 0 radical (unpaired) electrons. The van der Waals surface area contributed by atoms with Gasteiger partial charge in [-0.1, -0.05) is 36.4 Å². The predicted octanol–water partition coefficient (Wildman–Crippen LogP) is 4.54. The van der Waals surface area contributed by atoms with Crippen molar-refractivity contribution >= 4 is 17.5 Å². The largest absolute Gasteiger partial charge is 0.339 e. The Morgan fingerprint density at radius 2 is 1.78 bits per heavy atom. The van der Waals surface area contributed by atoms with Gasteiger partial charge < -0.3 is 9.80 Å². The molecule has 1 spiro atoms. The zero-order valence-electron chi connectivity index (χ0n) is 17.9. The Morgan fingerprint density at radius 3 is 2.44 bits per heavy atom. The van der Waals surface area contributed by atoms with Gasteiger partial charge in [-0.3, -0.25) is 14.6 Å². The van der Waals surface area contributed by atoms with Gasteiger partial charge in [-0.15, -0.1) is 0 Å². The zero-order chi connectivity index (χ0) is 22.3. The lowest BCUT2D eigenvalue weighted by atomic mass is 9.62. The molecule has 2 aliphatic heterocycles. The van der Waals surface area contributed by atoms with Crippen LogP contribution in [0.25, 0.3) is 0 Å². The lowest BCUT2D eigenvalue weighted by molar-refractivity contribution is -0.144. The maximum Gasteiger partial charge on any atom is 0.255 e. The molecule has 5 nitrogen and oxygen atoms in total. The zero-order valence-corrected chi connectivity index (χ0v) is 17.9. The monoisotopic (exact) mass is 429 g/mol. The minimum Gasteiger partial charge on any atom is -0.339 e. The molecule has 2 saturated heterocycles. The summed E-state index contributed by atoms with van der Waals surface area (Å²) in [6.45, 7) is 2.88. The maximum absolute atomic E-state index is 13.9. The number of pyridine rings is 1. The molecule has 5 rings (SSSR count). The highest BCUT2D eigenvalue weighted by atomic mass is 19.1. The van der Waals surface area contributed by atoms with Crippen LogP contribution in [0.1, 0.15) is 40.5 Å². The molecule has 2 aromatic carbocycles. The van der Waals surface area contributed by atoms with E-state index in [1.807, 2.05) is 43.3 Å². The summed E-state index contributed by atoms with van der Waals surface area (Å²) in [4.78, 5) is 34.2. The lowest BCUT2D eigenvalue weighted by Crippen LogP contribution is -2.67. The van der Waals surface area contributed by atoms with Gasteiger partial charge in [0.15, 0.2) is 0 Å². The maximum atomic E-state index is 13.9. The van der Waals surface area contributed by atoms with Crippen molar-refractivity contribution in [3.8, 4) is 0 Å². The second-order valence-corrected chi connectivity index (χ2v) is 8.60. The summed E-state index contributed by atoms with van der Waals surface area (Å²) in [5.74, 6) is -0.423. The molecule has 162 valence electrons. The second-order valence-electron chi connectivity index (χ2n) is 8.60. The smallest absolute Gasteiger partial charge is 0.255 e. The van der Waals surface area contributed by atoms with Crippen molar-refractivity contribution in [1.82, 2.24) is 9.88 Å². The summed E-state index contributed by atoms with van der Waals surface area (Å²) in [7, 11) is 0. The highest BCUT2D eigenvalue weighted by Gasteiger charge is 2.62. The molecule has 1 unspecified atom stereocenters. The topological polar surface area (TPSA) is 53.5 Å². The fourth-order valence-corrected chi connectivity index (χ4v) is 5.02. The summed E-state index contributed by atoms with van der Waals surface area (Å²) >= 11 is 0. The van der Waals surface area contributed by atoms with E-state index in [1.165, 1.54) is 12.1 Å². The van der Waals surface area contributed by atoms with Gasteiger partial charge in [-0.05, 0) is 55.7 Å². The van der Waals surface area contributed by atoms with Crippen LogP contribution in [-0.2, 0) is 4.79 Å². The molecule has 0 aliphatic carbocycles. The van der Waals surface area contributed by atoms with Gasteiger partial charge in [0.1, 0.15) is 5.82 Å². The number of likely N-dealkylation sites (tertiary alicyclic amines) is 1. The highest BCUT2D eigenvalue weighted by Crippen LogP contribution is 2.57. The SMILES string of the molecule is Cc1ccc(C(=O)N2CCC3(CC2)C(=O)N(c2cccc(F)c2)C3c2ccccc2)cn1. The van der Waals surface area contributed by atoms with Crippen LogP contribution < -0.4 is 4.90 Å². The number of nitrogens with zero attached hydrogens (tertiary/aromatic N) is 3. The van der Waals surface area contributed by atoms with Gasteiger partial charge in [-0.2, -0.15) is 0 Å². The van der Waals surface area contributed by atoms with E-state index in [-0.39, 0.29) is 23.7 Å². The van der Waals surface area contributed by atoms with Gasteiger partial charge in [0, 0.05) is 30.7 Å². The highest BCUT2D eigenvalue weighted by molar-refractivity contribution is 6.06. The summed E-state index contributed by atoms with van der Waals surface area (Å²) in [5, 5.41) is 0. The number of piperidine rings is 1. The van der Waals surface area contributed by atoms with E-state index in [1.54, 1.807) is 34.2 Å². The van der Waals surface area contributed by atoms with Crippen LogP contribution in [0.5, 0.6) is 0 Å². The first kappa shape index (κ1) is 20.4. The third-order valence-electron chi connectivity index (χ3n) is 6.73. The number of hydrogen-bond acceptors (Lipinski definition) is 3.